The molecule has 6 nitrogen and oxygen atoms in total. The van der Waals surface area contributed by atoms with E-state index in [2.05, 4.69) is 28.1 Å². The van der Waals surface area contributed by atoms with Crippen LogP contribution in [0.4, 0.5) is 13.2 Å². The van der Waals surface area contributed by atoms with Crippen molar-refractivity contribution in [3.05, 3.63) is 57.6 Å². The molecule has 1 atom stereocenters. The molecule has 4 N–H and O–H groups in total. The van der Waals surface area contributed by atoms with Gasteiger partial charge in [-0.1, -0.05) is 25.7 Å². The van der Waals surface area contributed by atoms with Crippen molar-refractivity contribution in [1.29, 1.82) is 5.26 Å². The maximum Gasteiger partial charge on any atom is 0.416 e. The molecular formula is C24H25F3N4O2. The number of hydrogen-bond donors (Lipinski definition) is 3. The highest BCUT2D eigenvalue weighted by Crippen LogP contribution is 2.53. The molecule has 0 saturated heterocycles. The Morgan fingerprint density at radius 1 is 1.27 bits per heavy atom. The van der Waals surface area contributed by atoms with Crippen LogP contribution in [0.3, 0.4) is 0 Å². The molecule has 1 aliphatic rings. The van der Waals surface area contributed by atoms with Crippen LogP contribution in [-0.4, -0.2) is 21.9 Å². The Labute approximate surface area is 190 Å². The number of alkyl halides is 3. The molecule has 0 bridgehead atoms. The maximum atomic E-state index is 13.9. The van der Waals surface area contributed by atoms with E-state index in [1.807, 2.05) is 0 Å². The summed E-state index contributed by atoms with van der Waals surface area (Å²) in [6.45, 7) is 8.39. The van der Waals surface area contributed by atoms with E-state index >= 15 is 0 Å². The average molecular weight is 458 g/mol. The van der Waals surface area contributed by atoms with Crippen molar-refractivity contribution in [2.45, 2.75) is 46.2 Å². The maximum absolute atomic E-state index is 13.9. The topological polar surface area (TPSA) is 108 Å². The van der Waals surface area contributed by atoms with E-state index in [0.717, 1.165) is 12.1 Å². The molecule has 0 aliphatic carbocycles. The summed E-state index contributed by atoms with van der Waals surface area (Å²) in [5.41, 5.74) is 4.24. The van der Waals surface area contributed by atoms with E-state index in [-0.39, 0.29) is 35.1 Å². The molecule has 1 aliphatic heterocycles. The fourth-order valence-electron chi connectivity index (χ4n) is 4.14. The van der Waals surface area contributed by atoms with Crippen LogP contribution in [0.5, 0.6) is 5.88 Å². The fourth-order valence-corrected chi connectivity index (χ4v) is 4.14. The summed E-state index contributed by atoms with van der Waals surface area (Å²) in [7, 11) is 0. The first kappa shape index (κ1) is 24.2. The molecule has 2 heterocycles. The van der Waals surface area contributed by atoms with Gasteiger partial charge in [-0.3, -0.25) is 0 Å². The Bertz CT molecular complexity index is 1220. The molecule has 0 saturated carbocycles. The standard InChI is InChI=1S/C24H25F3N4O2/c1-13(2)23(18(11-28)20(29)33-21-19(23)14(3)30-31-21)16-8-15(6-7-22(4,5)12-32)9-17(10-16)24(25,26)27/h8-10,13,32H,12,29H2,1-5H3,(H,30,31). The van der Waals surface area contributed by atoms with Crippen LogP contribution in [0.25, 0.3) is 0 Å². The smallest absolute Gasteiger partial charge is 0.416 e. The number of halogens is 3. The first-order valence-electron chi connectivity index (χ1n) is 10.3. The molecule has 1 aromatic heterocycles. The third kappa shape index (κ3) is 4.05. The predicted octanol–water partition coefficient (Wildman–Crippen LogP) is 4.14. The molecule has 1 unspecified atom stereocenters. The Kier molecular flexibility index (Phi) is 5.99. The summed E-state index contributed by atoms with van der Waals surface area (Å²) < 4.78 is 47.3. The minimum atomic E-state index is -4.65. The zero-order chi connectivity index (χ0) is 24.8. The van der Waals surface area contributed by atoms with Gasteiger partial charge in [0.05, 0.1) is 28.8 Å². The second kappa shape index (κ2) is 8.17. The Morgan fingerprint density at radius 2 is 1.94 bits per heavy atom. The highest BCUT2D eigenvalue weighted by Gasteiger charge is 2.51. The van der Waals surface area contributed by atoms with E-state index < -0.39 is 28.5 Å². The number of nitriles is 1. The molecule has 0 radical (unpaired) electrons. The first-order chi connectivity index (χ1) is 15.3. The zero-order valence-corrected chi connectivity index (χ0v) is 19.0. The molecule has 174 valence electrons. The van der Waals surface area contributed by atoms with Crippen LogP contribution < -0.4 is 10.5 Å². The molecule has 3 rings (SSSR count). The van der Waals surface area contributed by atoms with E-state index in [1.165, 1.54) is 6.07 Å². The van der Waals surface area contributed by atoms with Gasteiger partial charge in [0.25, 0.3) is 0 Å². The largest absolute Gasteiger partial charge is 0.422 e. The minimum Gasteiger partial charge on any atom is -0.422 e. The van der Waals surface area contributed by atoms with Gasteiger partial charge in [0.15, 0.2) is 0 Å². The van der Waals surface area contributed by atoms with Crippen LogP contribution in [0.1, 0.15) is 55.6 Å². The van der Waals surface area contributed by atoms with Crippen LogP contribution in [0.2, 0.25) is 0 Å². The number of nitrogens with zero attached hydrogens (tertiary/aromatic N) is 2. The number of aryl methyl sites for hydroxylation is 1. The van der Waals surface area contributed by atoms with Gasteiger partial charge in [-0.05, 0) is 50.5 Å². The van der Waals surface area contributed by atoms with Gasteiger partial charge in [0.2, 0.25) is 11.8 Å². The van der Waals surface area contributed by atoms with Gasteiger partial charge in [0.1, 0.15) is 11.6 Å². The lowest BCUT2D eigenvalue weighted by Gasteiger charge is -2.41. The van der Waals surface area contributed by atoms with Gasteiger partial charge in [-0.15, -0.1) is 0 Å². The number of benzene rings is 1. The summed E-state index contributed by atoms with van der Waals surface area (Å²) in [5, 5.41) is 26.4. The van der Waals surface area contributed by atoms with Gasteiger partial charge in [0, 0.05) is 11.0 Å². The van der Waals surface area contributed by atoms with E-state index in [4.69, 9.17) is 10.5 Å². The zero-order valence-electron chi connectivity index (χ0n) is 19.0. The second-order valence-electron chi connectivity index (χ2n) is 9.02. The minimum absolute atomic E-state index is 0.00317. The Hall–Kier alpha value is -3.43. The van der Waals surface area contributed by atoms with Crippen molar-refractivity contribution in [3.63, 3.8) is 0 Å². The molecule has 9 heteroatoms. The van der Waals surface area contributed by atoms with Crippen molar-refractivity contribution in [2.75, 3.05) is 6.61 Å². The van der Waals surface area contributed by atoms with Crippen molar-refractivity contribution >= 4 is 0 Å². The monoisotopic (exact) mass is 458 g/mol. The average Bonchev–Trinajstić information content (AvgIpc) is 3.10. The molecule has 0 spiro atoms. The number of ether oxygens (including phenoxy) is 1. The summed E-state index contributed by atoms with van der Waals surface area (Å²) >= 11 is 0. The number of allylic oxidation sites excluding steroid dienone is 1. The van der Waals surface area contributed by atoms with E-state index in [1.54, 1.807) is 34.6 Å². The summed E-state index contributed by atoms with van der Waals surface area (Å²) in [6, 6.07) is 5.57. The lowest BCUT2D eigenvalue weighted by Crippen LogP contribution is -2.41. The number of nitrogens with one attached hydrogen (secondary N) is 1. The van der Waals surface area contributed by atoms with E-state index in [0.29, 0.717) is 11.3 Å². The lowest BCUT2D eigenvalue weighted by molar-refractivity contribution is -0.137. The molecule has 33 heavy (non-hydrogen) atoms. The highest BCUT2D eigenvalue weighted by atomic mass is 19.4. The number of aliphatic hydroxyl groups excluding tert-OH is 1. The molecule has 0 fully saturated rings. The normalized spacial score (nSPS) is 18.3. The number of H-pyrrole nitrogens is 1. The first-order valence-corrected chi connectivity index (χ1v) is 10.3. The van der Waals surface area contributed by atoms with Crippen molar-refractivity contribution < 1.29 is 23.0 Å². The second-order valence-corrected chi connectivity index (χ2v) is 9.02. The third-order valence-corrected chi connectivity index (χ3v) is 5.80. The summed E-state index contributed by atoms with van der Waals surface area (Å²) in [5.74, 6) is 5.17. The van der Waals surface area contributed by atoms with Gasteiger partial charge >= 0.3 is 6.18 Å². The Balaban J connectivity index is 2.45. The van der Waals surface area contributed by atoms with E-state index in [9.17, 15) is 23.5 Å². The Morgan fingerprint density at radius 3 is 2.48 bits per heavy atom. The van der Waals surface area contributed by atoms with Crippen LogP contribution in [-0.2, 0) is 11.6 Å². The lowest BCUT2D eigenvalue weighted by atomic mass is 9.61. The van der Waals surface area contributed by atoms with Crippen molar-refractivity contribution in [1.82, 2.24) is 10.2 Å². The molecule has 0 amide bonds. The fraction of sp³-hybridized carbons (Fsp3) is 0.417. The third-order valence-electron chi connectivity index (χ3n) is 5.80. The van der Waals surface area contributed by atoms with Crippen molar-refractivity contribution in [3.8, 4) is 23.8 Å². The van der Waals surface area contributed by atoms with Gasteiger partial charge < -0.3 is 15.6 Å². The SMILES string of the molecule is Cc1n[nH]c2c1C(c1cc(C#CC(C)(C)CO)cc(C(F)(F)F)c1)(C(C)C)C(C#N)=C(N)O2. The number of hydrogen-bond acceptors (Lipinski definition) is 5. The molecular weight excluding hydrogens is 433 g/mol. The number of nitrogens with two attached hydrogens (primary N) is 1. The number of aromatic amines is 1. The predicted molar refractivity (Wildman–Crippen MR) is 116 cm³/mol. The number of fused-ring (bicyclic) bond motifs is 1. The number of rotatable bonds is 3. The van der Waals surface area contributed by atoms with Crippen LogP contribution >= 0.6 is 0 Å². The summed E-state index contributed by atoms with van der Waals surface area (Å²) in [4.78, 5) is 0. The quantitative estimate of drug-likeness (QED) is 0.600. The van der Waals surface area contributed by atoms with Crippen LogP contribution in [0, 0.1) is 41.4 Å². The summed E-state index contributed by atoms with van der Waals surface area (Å²) in [6.07, 6.45) is -4.65. The molecule has 2 aromatic rings. The highest BCUT2D eigenvalue weighted by molar-refractivity contribution is 5.63. The van der Waals surface area contributed by atoms with Crippen LogP contribution in [0.15, 0.2) is 29.7 Å². The van der Waals surface area contributed by atoms with Gasteiger partial charge in [-0.25, -0.2) is 5.10 Å². The number of aliphatic hydroxyl groups is 1. The number of aromatic nitrogens is 2. The van der Waals surface area contributed by atoms with Gasteiger partial charge in [-0.2, -0.15) is 23.5 Å². The molecule has 1 aromatic carbocycles. The van der Waals surface area contributed by atoms with Crippen molar-refractivity contribution in [2.24, 2.45) is 17.1 Å².